The molecule has 0 heterocycles. The SMILES string of the molecule is CCC1CCCC(NC2CCCCCC2)C1. The quantitative estimate of drug-likeness (QED) is 0.705. The van der Waals surface area contributed by atoms with Crippen molar-refractivity contribution in [2.45, 2.75) is 89.6 Å². The normalized spacial score (nSPS) is 33.6. The summed E-state index contributed by atoms with van der Waals surface area (Å²) < 4.78 is 0. The highest BCUT2D eigenvalue weighted by Crippen LogP contribution is 2.28. The molecule has 1 heteroatoms. The first-order chi connectivity index (χ1) is 7.88. The van der Waals surface area contributed by atoms with Crippen LogP contribution in [0.5, 0.6) is 0 Å². The van der Waals surface area contributed by atoms with Crippen LogP contribution < -0.4 is 5.32 Å². The molecule has 2 aliphatic carbocycles. The highest BCUT2D eigenvalue weighted by molar-refractivity contribution is 4.81. The van der Waals surface area contributed by atoms with Crippen LogP contribution in [0.25, 0.3) is 0 Å². The van der Waals surface area contributed by atoms with Gasteiger partial charge in [-0.3, -0.25) is 0 Å². The largest absolute Gasteiger partial charge is 0.311 e. The molecule has 16 heavy (non-hydrogen) atoms. The molecule has 0 aromatic heterocycles. The van der Waals surface area contributed by atoms with Crippen LogP contribution in [-0.4, -0.2) is 12.1 Å². The molecule has 1 N–H and O–H groups in total. The summed E-state index contributed by atoms with van der Waals surface area (Å²) in [5, 5.41) is 3.96. The van der Waals surface area contributed by atoms with Gasteiger partial charge in [-0.05, 0) is 31.6 Å². The van der Waals surface area contributed by atoms with E-state index in [2.05, 4.69) is 12.2 Å². The van der Waals surface area contributed by atoms with Gasteiger partial charge in [-0.2, -0.15) is 0 Å². The molecule has 2 fully saturated rings. The molecule has 1 nitrogen and oxygen atoms in total. The van der Waals surface area contributed by atoms with E-state index in [1.807, 2.05) is 0 Å². The van der Waals surface area contributed by atoms with E-state index in [1.165, 1.54) is 70.6 Å². The lowest BCUT2D eigenvalue weighted by Gasteiger charge is -2.32. The number of hydrogen-bond acceptors (Lipinski definition) is 1. The molecular weight excluding hydrogens is 194 g/mol. The molecule has 2 atom stereocenters. The zero-order chi connectivity index (χ0) is 11.2. The Balaban J connectivity index is 1.74. The van der Waals surface area contributed by atoms with Gasteiger partial charge < -0.3 is 5.32 Å². The molecule has 2 aliphatic rings. The van der Waals surface area contributed by atoms with Crippen LogP contribution in [-0.2, 0) is 0 Å². The van der Waals surface area contributed by atoms with Gasteiger partial charge in [0.25, 0.3) is 0 Å². The lowest BCUT2D eigenvalue weighted by atomic mass is 9.83. The maximum absolute atomic E-state index is 3.96. The van der Waals surface area contributed by atoms with E-state index in [9.17, 15) is 0 Å². The predicted octanol–water partition coefficient (Wildman–Crippen LogP) is 4.27. The third kappa shape index (κ3) is 3.76. The van der Waals surface area contributed by atoms with E-state index < -0.39 is 0 Å². The predicted molar refractivity (Wildman–Crippen MR) is 70.7 cm³/mol. The molecule has 0 bridgehead atoms. The van der Waals surface area contributed by atoms with Crippen molar-refractivity contribution in [3.05, 3.63) is 0 Å². The molecule has 0 spiro atoms. The maximum Gasteiger partial charge on any atom is 0.00722 e. The fourth-order valence-electron chi connectivity index (χ4n) is 3.59. The van der Waals surface area contributed by atoms with Crippen LogP contribution in [0.15, 0.2) is 0 Å². The van der Waals surface area contributed by atoms with E-state index in [1.54, 1.807) is 0 Å². The minimum Gasteiger partial charge on any atom is -0.311 e. The first kappa shape index (κ1) is 12.4. The first-order valence-corrected chi connectivity index (χ1v) is 7.64. The Hall–Kier alpha value is -0.0400. The van der Waals surface area contributed by atoms with Gasteiger partial charge in [-0.1, -0.05) is 51.9 Å². The molecule has 2 unspecified atom stereocenters. The average molecular weight is 223 g/mol. The second-order valence-electron chi connectivity index (χ2n) is 5.99. The van der Waals surface area contributed by atoms with Gasteiger partial charge in [0.1, 0.15) is 0 Å². The molecular formula is C15H29N. The van der Waals surface area contributed by atoms with Gasteiger partial charge in [-0.15, -0.1) is 0 Å². The minimum atomic E-state index is 0.849. The zero-order valence-corrected chi connectivity index (χ0v) is 11.0. The third-order valence-corrected chi connectivity index (χ3v) is 4.69. The van der Waals surface area contributed by atoms with Crippen LogP contribution in [0, 0.1) is 5.92 Å². The van der Waals surface area contributed by atoms with Crippen LogP contribution in [0.4, 0.5) is 0 Å². The summed E-state index contributed by atoms with van der Waals surface area (Å²) in [5.41, 5.74) is 0. The monoisotopic (exact) mass is 223 g/mol. The topological polar surface area (TPSA) is 12.0 Å². The van der Waals surface area contributed by atoms with Crippen molar-refractivity contribution in [3.63, 3.8) is 0 Å². The highest BCUT2D eigenvalue weighted by atomic mass is 14.9. The van der Waals surface area contributed by atoms with E-state index >= 15 is 0 Å². The standard InChI is InChI=1S/C15H29N/c1-2-13-8-7-11-15(12-13)16-14-9-5-3-4-6-10-14/h13-16H,2-12H2,1H3. The molecule has 0 aromatic carbocycles. The molecule has 0 aromatic rings. The fourth-order valence-corrected chi connectivity index (χ4v) is 3.59. The Morgan fingerprint density at radius 1 is 0.812 bits per heavy atom. The summed E-state index contributed by atoms with van der Waals surface area (Å²) in [6, 6.07) is 1.70. The summed E-state index contributed by atoms with van der Waals surface area (Å²) in [4.78, 5) is 0. The molecule has 0 amide bonds. The Labute approximate surface area is 101 Å². The minimum absolute atomic E-state index is 0.849. The lowest BCUT2D eigenvalue weighted by molar-refractivity contribution is 0.254. The van der Waals surface area contributed by atoms with Gasteiger partial charge >= 0.3 is 0 Å². The van der Waals surface area contributed by atoms with Gasteiger partial charge in [0.05, 0.1) is 0 Å². The van der Waals surface area contributed by atoms with Crippen molar-refractivity contribution < 1.29 is 0 Å². The van der Waals surface area contributed by atoms with Crippen molar-refractivity contribution in [2.75, 3.05) is 0 Å². The molecule has 2 rings (SSSR count). The van der Waals surface area contributed by atoms with E-state index in [0.717, 1.165) is 18.0 Å². The average Bonchev–Trinajstić information content (AvgIpc) is 2.58. The van der Waals surface area contributed by atoms with Crippen molar-refractivity contribution >= 4 is 0 Å². The van der Waals surface area contributed by atoms with Crippen LogP contribution in [0.2, 0.25) is 0 Å². The van der Waals surface area contributed by atoms with Gasteiger partial charge in [0.2, 0.25) is 0 Å². The smallest absolute Gasteiger partial charge is 0.00722 e. The van der Waals surface area contributed by atoms with Crippen molar-refractivity contribution in [1.82, 2.24) is 5.32 Å². The Kier molecular flexibility index (Phi) is 5.15. The first-order valence-electron chi connectivity index (χ1n) is 7.64. The van der Waals surface area contributed by atoms with Gasteiger partial charge in [0.15, 0.2) is 0 Å². The van der Waals surface area contributed by atoms with Gasteiger partial charge in [-0.25, -0.2) is 0 Å². The summed E-state index contributed by atoms with van der Waals surface area (Å²) in [5.74, 6) is 1.01. The Morgan fingerprint density at radius 3 is 2.19 bits per heavy atom. The second kappa shape index (κ2) is 6.64. The molecule has 0 saturated heterocycles. The Morgan fingerprint density at radius 2 is 1.50 bits per heavy atom. The fraction of sp³-hybridized carbons (Fsp3) is 1.00. The van der Waals surface area contributed by atoms with Crippen molar-refractivity contribution in [2.24, 2.45) is 5.92 Å². The highest BCUT2D eigenvalue weighted by Gasteiger charge is 2.23. The number of nitrogens with one attached hydrogen (secondary N) is 1. The van der Waals surface area contributed by atoms with Crippen molar-refractivity contribution in [3.8, 4) is 0 Å². The number of rotatable bonds is 3. The maximum atomic E-state index is 3.96. The Bertz CT molecular complexity index is 182. The van der Waals surface area contributed by atoms with Crippen LogP contribution in [0.1, 0.15) is 77.6 Å². The number of hydrogen-bond donors (Lipinski definition) is 1. The zero-order valence-electron chi connectivity index (χ0n) is 11.0. The van der Waals surface area contributed by atoms with Gasteiger partial charge in [0, 0.05) is 12.1 Å². The van der Waals surface area contributed by atoms with Crippen LogP contribution in [0.3, 0.4) is 0 Å². The lowest BCUT2D eigenvalue weighted by Crippen LogP contribution is -2.40. The third-order valence-electron chi connectivity index (χ3n) is 4.69. The molecule has 0 aliphatic heterocycles. The summed E-state index contributed by atoms with van der Waals surface area (Å²) in [7, 11) is 0. The van der Waals surface area contributed by atoms with E-state index in [4.69, 9.17) is 0 Å². The van der Waals surface area contributed by atoms with E-state index in [-0.39, 0.29) is 0 Å². The molecule has 94 valence electrons. The molecule has 0 radical (unpaired) electrons. The summed E-state index contributed by atoms with van der Waals surface area (Å²) in [6.07, 6.45) is 16.0. The summed E-state index contributed by atoms with van der Waals surface area (Å²) in [6.45, 7) is 2.36. The van der Waals surface area contributed by atoms with Crippen molar-refractivity contribution in [1.29, 1.82) is 0 Å². The van der Waals surface area contributed by atoms with E-state index in [0.29, 0.717) is 0 Å². The molecule has 2 saturated carbocycles. The second-order valence-corrected chi connectivity index (χ2v) is 5.99. The summed E-state index contributed by atoms with van der Waals surface area (Å²) >= 11 is 0. The van der Waals surface area contributed by atoms with Crippen LogP contribution >= 0.6 is 0 Å².